The van der Waals surface area contributed by atoms with Crippen molar-refractivity contribution in [3.05, 3.63) is 51.6 Å². The number of rotatable bonds is 1. The van der Waals surface area contributed by atoms with E-state index in [9.17, 15) is 14.4 Å². The van der Waals surface area contributed by atoms with E-state index in [2.05, 4.69) is 22.6 Å². The summed E-state index contributed by atoms with van der Waals surface area (Å²) in [7, 11) is 0. The Morgan fingerprint density at radius 2 is 1.86 bits per heavy atom. The van der Waals surface area contributed by atoms with Gasteiger partial charge in [-0.2, -0.15) is 0 Å². The molecule has 1 aliphatic carbocycles. The predicted molar refractivity (Wildman–Crippen MR) is 89.1 cm³/mol. The molecule has 1 fully saturated rings. The van der Waals surface area contributed by atoms with Crippen LogP contribution in [-0.2, 0) is 14.4 Å². The number of amides is 1. The maximum absolute atomic E-state index is 12.6. The molecule has 0 N–H and O–H groups in total. The second-order valence-electron chi connectivity index (χ2n) is 5.79. The molecule has 3 aliphatic rings. The Balaban J connectivity index is 2.00. The first kappa shape index (κ1) is 13.9. The van der Waals surface area contributed by atoms with Gasteiger partial charge in [0.25, 0.3) is 5.91 Å². The van der Waals surface area contributed by atoms with Gasteiger partial charge < -0.3 is 4.90 Å². The van der Waals surface area contributed by atoms with Gasteiger partial charge >= 0.3 is 0 Å². The van der Waals surface area contributed by atoms with Crippen LogP contribution >= 0.6 is 22.6 Å². The largest absolute Gasteiger partial charge is 0.317 e. The Labute approximate surface area is 141 Å². The average Bonchev–Trinajstić information content (AvgIpc) is 2.91. The monoisotopic (exact) mass is 405 g/mol. The summed E-state index contributed by atoms with van der Waals surface area (Å²) in [5.74, 6) is -0.651. The van der Waals surface area contributed by atoms with Gasteiger partial charge in [-0.1, -0.05) is 36.4 Å². The molecule has 1 saturated heterocycles. The van der Waals surface area contributed by atoms with E-state index >= 15 is 0 Å². The van der Waals surface area contributed by atoms with Crippen molar-refractivity contribution >= 4 is 45.6 Å². The number of hydrogen-bond donors (Lipinski definition) is 0. The smallest absolute Gasteiger partial charge is 0.261 e. The van der Waals surface area contributed by atoms with Gasteiger partial charge in [-0.25, -0.2) is 0 Å². The Bertz CT molecular complexity index is 780. The predicted octanol–water partition coefficient (Wildman–Crippen LogP) is 2.14. The van der Waals surface area contributed by atoms with Gasteiger partial charge in [-0.05, 0) is 34.2 Å². The SMILES string of the molecule is O=C1C=C[C@@]23C(c4ccccc4)=C(I)C(=O)N2CC(=O)[C@H]3C1. The Hall–Kier alpha value is -1.76. The number of benzene rings is 1. The lowest BCUT2D eigenvalue weighted by atomic mass is 9.71. The van der Waals surface area contributed by atoms with Crippen molar-refractivity contribution in [3.8, 4) is 0 Å². The van der Waals surface area contributed by atoms with Crippen LogP contribution < -0.4 is 0 Å². The minimum atomic E-state index is -0.778. The Kier molecular flexibility index (Phi) is 2.91. The van der Waals surface area contributed by atoms with E-state index in [4.69, 9.17) is 0 Å². The van der Waals surface area contributed by atoms with E-state index in [0.29, 0.717) is 3.58 Å². The molecule has 2 aliphatic heterocycles. The number of Topliss-reactive ketones (excluding diaryl/α,β-unsaturated/α-hetero) is 1. The molecule has 1 spiro atoms. The van der Waals surface area contributed by atoms with Crippen LogP contribution in [0.3, 0.4) is 0 Å². The molecule has 0 radical (unpaired) electrons. The number of halogens is 1. The van der Waals surface area contributed by atoms with Crippen LogP contribution in [0.5, 0.6) is 0 Å². The summed E-state index contributed by atoms with van der Waals surface area (Å²) in [4.78, 5) is 38.4. The van der Waals surface area contributed by atoms with Crippen molar-refractivity contribution in [2.75, 3.05) is 6.54 Å². The molecule has 0 bridgehead atoms. The van der Waals surface area contributed by atoms with E-state index < -0.39 is 11.5 Å². The van der Waals surface area contributed by atoms with Crippen molar-refractivity contribution in [1.29, 1.82) is 0 Å². The summed E-state index contributed by atoms with van der Waals surface area (Å²) in [6, 6.07) is 9.65. The zero-order valence-corrected chi connectivity index (χ0v) is 13.7. The van der Waals surface area contributed by atoms with Crippen molar-refractivity contribution in [2.24, 2.45) is 5.92 Å². The highest BCUT2D eigenvalue weighted by atomic mass is 127. The summed E-state index contributed by atoms with van der Waals surface area (Å²) in [6.07, 6.45) is 3.47. The third kappa shape index (κ3) is 1.60. The molecular weight excluding hydrogens is 393 g/mol. The second kappa shape index (κ2) is 4.62. The first-order chi connectivity index (χ1) is 10.6. The quantitative estimate of drug-likeness (QED) is 0.673. The van der Waals surface area contributed by atoms with Gasteiger partial charge in [0.15, 0.2) is 11.6 Å². The fourth-order valence-corrected chi connectivity index (χ4v) is 4.83. The zero-order chi connectivity index (χ0) is 15.5. The maximum atomic E-state index is 12.6. The van der Waals surface area contributed by atoms with E-state index in [1.54, 1.807) is 11.0 Å². The summed E-state index contributed by atoms with van der Waals surface area (Å²) in [5.41, 5.74) is 1.01. The molecule has 2 atom stereocenters. The van der Waals surface area contributed by atoms with Crippen molar-refractivity contribution in [3.63, 3.8) is 0 Å². The molecule has 0 saturated carbocycles. The standard InChI is InChI=1S/C17H12INO3/c18-15-14(10-4-2-1-3-5-10)17-7-6-11(20)8-12(17)13(21)9-19(17)16(15)22/h1-7,12H,8-9H2/t12-,17-/m1/s1. The normalized spacial score (nSPS) is 30.1. The summed E-state index contributed by atoms with van der Waals surface area (Å²) in [5, 5.41) is 0. The number of hydrogen-bond acceptors (Lipinski definition) is 3. The third-order valence-electron chi connectivity index (χ3n) is 4.72. The van der Waals surface area contributed by atoms with Gasteiger partial charge in [0.05, 0.1) is 21.6 Å². The van der Waals surface area contributed by atoms with Crippen LogP contribution in [0.1, 0.15) is 12.0 Å². The lowest BCUT2D eigenvalue weighted by Gasteiger charge is -2.37. The zero-order valence-electron chi connectivity index (χ0n) is 11.6. The van der Waals surface area contributed by atoms with E-state index in [-0.39, 0.29) is 30.4 Å². The van der Waals surface area contributed by atoms with Crippen molar-refractivity contribution in [1.82, 2.24) is 4.90 Å². The van der Waals surface area contributed by atoms with Crippen molar-refractivity contribution in [2.45, 2.75) is 12.0 Å². The molecule has 22 heavy (non-hydrogen) atoms. The fraction of sp³-hybridized carbons (Fsp3) is 0.235. The summed E-state index contributed by atoms with van der Waals surface area (Å²) >= 11 is 2.07. The molecule has 4 rings (SSSR count). The molecule has 4 nitrogen and oxygen atoms in total. The molecule has 110 valence electrons. The summed E-state index contributed by atoms with van der Waals surface area (Å²) < 4.78 is 0.639. The first-order valence-electron chi connectivity index (χ1n) is 7.08. The van der Waals surface area contributed by atoms with Crippen LogP contribution in [0, 0.1) is 5.92 Å². The van der Waals surface area contributed by atoms with Crippen LogP contribution in [-0.4, -0.2) is 34.5 Å². The highest BCUT2D eigenvalue weighted by molar-refractivity contribution is 14.1. The minimum Gasteiger partial charge on any atom is -0.317 e. The van der Waals surface area contributed by atoms with Gasteiger partial charge in [0.2, 0.25) is 0 Å². The first-order valence-corrected chi connectivity index (χ1v) is 8.16. The average molecular weight is 405 g/mol. The van der Waals surface area contributed by atoms with Crippen LogP contribution in [0.2, 0.25) is 0 Å². The van der Waals surface area contributed by atoms with Gasteiger partial charge in [0.1, 0.15) is 0 Å². The van der Waals surface area contributed by atoms with Crippen LogP contribution in [0.15, 0.2) is 46.1 Å². The van der Waals surface area contributed by atoms with E-state index in [1.807, 2.05) is 30.3 Å². The molecule has 1 aromatic carbocycles. The minimum absolute atomic E-state index is 0.0246. The number of carbonyl (C=O) groups excluding carboxylic acids is 3. The van der Waals surface area contributed by atoms with E-state index in [0.717, 1.165) is 11.1 Å². The lowest BCUT2D eigenvalue weighted by molar-refractivity contribution is -0.128. The summed E-state index contributed by atoms with van der Waals surface area (Å²) in [6.45, 7) is 0.0873. The molecule has 1 amide bonds. The Morgan fingerprint density at radius 1 is 1.14 bits per heavy atom. The van der Waals surface area contributed by atoms with Gasteiger partial charge in [-0.15, -0.1) is 0 Å². The second-order valence-corrected chi connectivity index (χ2v) is 6.87. The highest BCUT2D eigenvalue weighted by Gasteiger charge is 2.62. The topological polar surface area (TPSA) is 54.5 Å². The molecule has 0 aromatic heterocycles. The molecular formula is C17H12INO3. The van der Waals surface area contributed by atoms with Gasteiger partial charge in [-0.3, -0.25) is 14.4 Å². The third-order valence-corrected chi connectivity index (χ3v) is 5.73. The number of carbonyl (C=O) groups is 3. The highest BCUT2D eigenvalue weighted by Crippen LogP contribution is 2.54. The number of allylic oxidation sites excluding steroid dienone is 1. The molecule has 5 heteroatoms. The number of nitrogens with zero attached hydrogens (tertiary/aromatic N) is 1. The molecule has 2 heterocycles. The maximum Gasteiger partial charge on any atom is 0.261 e. The van der Waals surface area contributed by atoms with Crippen molar-refractivity contribution < 1.29 is 14.4 Å². The lowest BCUT2D eigenvalue weighted by Crippen LogP contribution is -2.47. The fourth-order valence-electron chi connectivity index (χ4n) is 3.79. The molecule has 1 aromatic rings. The van der Waals surface area contributed by atoms with E-state index in [1.165, 1.54) is 6.08 Å². The van der Waals surface area contributed by atoms with Crippen LogP contribution in [0.4, 0.5) is 0 Å². The van der Waals surface area contributed by atoms with Gasteiger partial charge in [0, 0.05) is 12.0 Å². The van der Waals surface area contributed by atoms with Crippen LogP contribution in [0.25, 0.3) is 5.57 Å². The molecule has 0 unspecified atom stereocenters. The Morgan fingerprint density at radius 3 is 2.59 bits per heavy atom. The number of ketones is 2.